The lowest BCUT2D eigenvalue weighted by Gasteiger charge is -2.09. The molecule has 0 amide bonds. The van der Waals surface area contributed by atoms with Gasteiger partial charge in [0.15, 0.2) is 0 Å². The van der Waals surface area contributed by atoms with Gasteiger partial charge in [0.05, 0.1) is 13.2 Å². The number of hydrogen-bond donors (Lipinski definition) is 0. The molecule has 0 saturated heterocycles. The van der Waals surface area contributed by atoms with Gasteiger partial charge in [0.2, 0.25) is 0 Å². The van der Waals surface area contributed by atoms with Crippen molar-refractivity contribution >= 4 is 7.60 Å². The molecule has 0 unspecified atom stereocenters. The first kappa shape index (κ1) is 14.0. The van der Waals surface area contributed by atoms with Crippen LogP contribution in [0.3, 0.4) is 0 Å². The van der Waals surface area contributed by atoms with Crippen LogP contribution in [-0.4, -0.2) is 13.2 Å². The van der Waals surface area contributed by atoms with Crippen LogP contribution in [0.5, 0.6) is 0 Å². The van der Waals surface area contributed by atoms with Gasteiger partial charge in [0, 0.05) is 12.1 Å². The van der Waals surface area contributed by atoms with Crippen molar-refractivity contribution in [3.8, 4) is 11.6 Å². The largest absolute Gasteiger partial charge is 0.405 e. The van der Waals surface area contributed by atoms with Crippen LogP contribution in [-0.2, 0) is 20.0 Å². The van der Waals surface area contributed by atoms with Crippen LogP contribution in [0.15, 0.2) is 30.3 Å². The molecule has 17 heavy (non-hydrogen) atoms. The lowest BCUT2D eigenvalue weighted by Crippen LogP contribution is -1.93. The molecule has 0 saturated carbocycles. The molecule has 0 radical (unpaired) electrons. The van der Waals surface area contributed by atoms with Crippen molar-refractivity contribution in [1.29, 1.82) is 0 Å². The quantitative estimate of drug-likeness (QED) is 0.594. The summed E-state index contributed by atoms with van der Waals surface area (Å²) in [4.78, 5) is 0. The Bertz CT molecular complexity index is 421. The highest BCUT2D eigenvalue weighted by molar-refractivity contribution is 7.59. The lowest BCUT2D eigenvalue weighted by atomic mass is 10.2. The van der Waals surface area contributed by atoms with Gasteiger partial charge in [-0.3, -0.25) is 9.05 Å². The second-order valence-electron chi connectivity index (χ2n) is 3.28. The van der Waals surface area contributed by atoms with E-state index in [-0.39, 0.29) is 0 Å². The predicted octanol–water partition coefficient (Wildman–Crippen LogP) is 3.46. The third-order valence-corrected chi connectivity index (χ3v) is 3.58. The summed E-state index contributed by atoms with van der Waals surface area (Å²) in [5.74, 6) is 2.85. The zero-order valence-electron chi connectivity index (χ0n) is 10.2. The van der Waals surface area contributed by atoms with Crippen molar-refractivity contribution in [3.63, 3.8) is 0 Å². The Morgan fingerprint density at radius 1 is 1.12 bits per heavy atom. The topological polar surface area (TPSA) is 35.5 Å². The molecule has 1 aromatic carbocycles. The van der Waals surface area contributed by atoms with E-state index in [2.05, 4.69) is 11.6 Å². The first-order valence-electron chi connectivity index (χ1n) is 5.63. The summed E-state index contributed by atoms with van der Waals surface area (Å²) >= 11 is 0. The van der Waals surface area contributed by atoms with E-state index in [0.29, 0.717) is 19.6 Å². The molecule has 0 spiro atoms. The summed E-state index contributed by atoms with van der Waals surface area (Å²) in [6.07, 6.45) is 0.547. The fraction of sp³-hybridized carbons (Fsp3) is 0.385. The van der Waals surface area contributed by atoms with E-state index in [9.17, 15) is 4.57 Å². The lowest BCUT2D eigenvalue weighted by molar-refractivity contribution is 0.230. The van der Waals surface area contributed by atoms with Crippen LogP contribution < -0.4 is 0 Å². The first-order chi connectivity index (χ1) is 8.20. The zero-order valence-corrected chi connectivity index (χ0v) is 11.1. The maximum absolute atomic E-state index is 12.0. The predicted molar refractivity (Wildman–Crippen MR) is 68.8 cm³/mol. The molecule has 0 aliphatic rings. The van der Waals surface area contributed by atoms with Gasteiger partial charge < -0.3 is 0 Å². The minimum Gasteiger partial charge on any atom is -0.300 e. The minimum absolute atomic E-state index is 0.331. The Morgan fingerprint density at radius 3 is 2.24 bits per heavy atom. The third kappa shape index (κ3) is 5.19. The summed E-state index contributed by atoms with van der Waals surface area (Å²) in [6.45, 7) is 4.20. The fourth-order valence-corrected chi connectivity index (χ4v) is 2.43. The molecule has 4 heteroatoms. The first-order valence-corrected chi connectivity index (χ1v) is 7.17. The maximum atomic E-state index is 12.0. The van der Waals surface area contributed by atoms with Gasteiger partial charge in [-0.2, -0.15) is 0 Å². The van der Waals surface area contributed by atoms with E-state index in [1.54, 1.807) is 13.8 Å². The molecule has 1 rings (SSSR count). The summed E-state index contributed by atoms with van der Waals surface area (Å²) < 4.78 is 22.1. The third-order valence-electron chi connectivity index (χ3n) is 1.95. The Hall–Kier alpha value is -1.07. The second-order valence-corrected chi connectivity index (χ2v) is 5.02. The summed E-state index contributed by atoms with van der Waals surface area (Å²) in [5, 5.41) is 0. The molecule has 0 fully saturated rings. The van der Waals surface area contributed by atoms with Crippen molar-refractivity contribution in [2.45, 2.75) is 20.3 Å². The van der Waals surface area contributed by atoms with Gasteiger partial charge in [-0.25, -0.2) is 4.57 Å². The van der Waals surface area contributed by atoms with E-state index >= 15 is 0 Å². The minimum atomic E-state index is -3.22. The van der Waals surface area contributed by atoms with Gasteiger partial charge in [-0.05, 0) is 19.4 Å². The van der Waals surface area contributed by atoms with Gasteiger partial charge >= 0.3 is 7.60 Å². The molecule has 0 bridgehead atoms. The van der Waals surface area contributed by atoms with E-state index in [1.807, 2.05) is 30.3 Å². The number of benzene rings is 1. The summed E-state index contributed by atoms with van der Waals surface area (Å²) in [6, 6.07) is 9.79. The SMILES string of the molecule is CCOP(=O)(C#CCc1ccccc1)OCC. The van der Waals surface area contributed by atoms with E-state index < -0.39 is 7.60 Å². The Morgan fingerprint density at radius 2 is 1.71 bits per heavy atom. The van der Waals surface area contributed by atoms with Crippen LogP contribution in [0.1, 0.15) is 19.4 Å². The molecular formula is C13H17O3P. The average molecular weight is 252 g/mol. The van der Waals surface area contributed by atoms with Gasteiger partial charge in [0.25, 0.3) is 0 Å². The standard InChI is InChI=1S/C13H17O3P/c1-3-15-17(14,16-4-2)12-8-11-13-9-6-5-7-10-13/h5-7,9-10H,3-4,11H2,1-2H3. The maximum Gasteiger partial charge on any atom is 0.405 e. The molecule has 3 nitrogen and oxygen atoms in total. The average Bonchev–Trinajstić information content (AvgIpc) is 2.31. The normalized spacial score (nSPS) is 10.7. The van der Waals surface area contributed by atoms with Crippen molar-refractivity contribution in [2.24, 2.45) is 0 Å². The molecule has 0 aliphatic heterocycles. The van der Waals surface area contributed by atoms with Crippen molar-refractivity contribution in [1.82, 2.24) is 0 Å². The smallest absolute Gasteiger partial charge is 0.300 e. The highest BCUT2D eigenvalue weighted by atomic mass is 31.2. The summed E-state index contributed by atoms with van der Waals surface area (Å²) in [7, 11) is -3.22. The van der Waals surface area contributed by atoms with Crippen LogP contribution in [0.2, 0.25) is 0 Å². The molecule has 0 heterocycles. The molecule has 0 atom stereocenters. The highest BCUT2D eigenvalue weighted by Gasteiger charge is 2.19. The van der Waals surface area contributed by atoms with Gasteiger partial charge in [0.1, 0.15) is 0 Å². The van der Waals surface area contributed by atoms with E-state index in [4.69, 9.17) is 9.05 Å². The number of hydrogen-bond acceptors (Lipinski definition) is 3. The fourth-order valence-electron chi connectivity index (χ4n) is 1.28. The Balaban J connectivity index is 2.65. The zero-order chi connectivity index (χ0) is 12.6. The second kappa shape index (κ2) is 7.29. The van der Waals surface area contributed by atoms with Crippen LogP contribution in [0.25, 0.3) is 0 Å². The molecule has 1 aromatic rings. The summed E-state index contributed by atoms with van der Waals surface area (Å²) in [5.41, 5.74) is 3.69. The van der Waals surface area contributed by atoms with E-state index in [0.717, 1.165) is 5.56 Å². The van der Waals surface area contributed by atoms with Crippen LogP contribution in [0, 0.1) is 11.6 Å². The Labute approximate surface area is 103 Å². The Kier molecular flexibility index (Phi) is 6.00. The van der Waals surface area contributed by atoms with Crippen molar-refractivity contribution in [3.05, 3.63) is 35.9 Å². The molecule has 92 valence electrons. The number of rotatable bonds is 5. The monoisotopic (exact) mass is 252 g/mol. The van der Waals surface area contributed by atoms with E-state index in [1.165, 1.54) is 0 Å². The van der Waals surface area contributed by atoms with Crippen LogP contribution in [0.4, 0.5) is 0 Å². The van der Waals surface area contributed by atoms with Crippen molar-refractivity contribution in [2.75, 3.05) is 13.2 Å². The van der Waals surface area contributed by atoms with Gasteiger partial charge in [-0.1, -0.05) is 36.3 Å². The van der Waals surface area contributed by atoms with Gasteiger partial charge in [-0.15, -0.1) is 0 Å². The van der Waals surface area contributed by atoms with Crippen molar-refractivity contribution < 1.29 is 13.6 Å². The van der Waals surface area contributed by atoms with Crippen LogP contribution >= 0.6 is 7.60 Å². The molecule has 0 aromatic heterocycles. The molecular weight excluding hydrogens is 235 g/mol. The molecule has 0 aliphatic carbocycles. The highest BCUT2D eigenvalue weighted by Crippen LogP contribution is 2.46. The molecule has 0 N–H and O–H groups in total.